The highest BCUT2D eigenvalue weighted by molar-refractivity contribution is 7.99. The Morgan fingerprint density at radius 2 is 2.36 bits per heavy atom. The Morgan fingerprint density at radius 1 is 1.64 bits per heavy atom. The van der Waals surface area contributed by atoms with Crippen molar-refractivity contribution in [3.63, 3.8) is 0 Å². The number of primary amides is 1. The van der Waals surface area contributed by atoms with Crippen LogP contribution in [0.2, 0.25) is 0 Å². The monoisotopic (exact) mass is 213 g/mol. The van der Waals surface area contributed by atoms with E-state index in [1.807, 2.05) is 0 Å². The molecule has 0 saturated heterocycles. The van der Waals surface area contributed by atoms with Crippen LogP contribution in [-0.2, 0) is 0 Å². The standard InChI is InChI=1S/C8H11N3O2S/c9-5-3-6(7(10)13)8(11-4-5)14-2-1-12/h3-4,12H,1-2,9H2,(H2,10,13). The first kappa shape index (κ1) is 10.8. The van der Waals surface area contributed by atoms with Crippen LogP contribution in [0.5, 0.6) is 0 Å². The number of pyridine rings is 1. The summed E-state index contributed by atoms with van der Waals surface area (Å²) in [5.41, 5.74) is 11.3. The maximum absolute atomic E-state index is 11.0. The molecule has 5 nitrogen and oxygen atoms in total. The summed E-state index contributed by atoms with van der Waals surface area (Å²) < 4.78 is 0. The minimum atomic E-state index is -0.565. The van der Waals surface area contributed by atoms with Gasteiger partial charge in [-0.2, -0.15) is 0 Å². The number of carbonyl (C=O) groups is 1. The number of hydrogen-bond donors (Lipinski definition) is 3. The molecule has 0 aliphatic rings. The molecule has 1 heterocycles. The molecule has 1 aromatic heterocycles. The van der Waals surface area contributed by atoms with E-state index in [0.29, 0.717) is 22.0 Å². The van der Waals surface area contributed by atoms with Gasteiger partial charge in [0.2, 0.25) is 0 Å². The Morgan fingerprint density at radius 3 is 2.93 bits per heavy atom. The third-order valence-electron chi connectivity index (χ3n) is 1.47. The number of nitrogens with two attached hydrogens (primary N) is 2. The summed E-state index contributed by atoms with van der Waals surface area (Å²) in [7, 11) is 0. The molecule has 0 fully saturated rings. The molecule has 0 aromatic carbocycles. The van der Waals surface area contributed by atoms with E-state index in [1.54, 1.807) is 0 Å². The number of anilines is 1. The molecular formula is C8H11N3O2S. The Kier molecular flexibility index (Phi) is 3.73. The highest BCUT2D eigenvalue weighted by Gasteiger charge is 2.10. The van der Waals surface area contributed by atoms with Crippen molar-refractivity contribution in [2.75, 3.05) is 18.1 Å². The molecule has 0 unspecified atom stereocenters. The lowest BCUT2D eigenvalue weighted by Gasteiger charge is -2.04. The lowest BCUT2D eigenvalue weighted by Crippen LogP contribution is -2.13. The Hall–Kier alpha value is -1.27. The number of nitrogens with zero attached hydrogens (tertiary/aromatic N) is 1. The van der Waals surface area contributed by atoms with Crippen LogP contribution in [0.4, 0.5) is 5.69 Å². The number of hydrogen-bond acceptors (Lipinski definition) is 5. The van der Waals surface area contributed by atoms with Crippen LogP contribution >= 0.6 is 11.8 Å². The van der Waals surface area contributed by atoms with Gasteiger partial charge in [0, 0.05) is 5.75 Å². The molecule has 0 aliphatic carbocycles. The second kappa shape index (κ2) is 4.83. The number of amides is 1. The van der Waals surface area contributed by atoms with Crippen molar-refractivity contribution in [3.05, 3.63) is 17.8 Å². The number of aliphatic hydroxyl groups excluding tert-OH is 1. The fourth-order valence-electron chi connectivity index (χ4n) is 0.902. The maximum atomic E-state index is 11.0. The number of nitrogen functional groups attached to an aromatic ring is 1. The van der Waals surface area contributed by atoms with Crippen LogP contribution in [-0.4, -0.2) is 28.4 Å². The largest absolute Gasteiger partial charge is 0.397 e. The summed E-state index contributed by atoms with van der Waals surface area (Å²) in [6.45, 7) is 0.0227. The predicted octanol–water partition coefficient (Wildman–Crippen LogP) is -0.153. The quantitative estimate of drug-likeness (QED) is 0.603. The van der Waals surface area contributed by atoms with Gasteiger partial charge in [-0.1, -0.05) is 0 Å². The van der Waals surface area contributed by atoms with Gasteiger partial charge in [0.05, 0.1) is 24.1 Å². The zero-order valence-electron chi connectivity index (χ0n) is 7.43. The van der Waals surface area contributed by atoms with Crippen LogP contribution in [0.3, 0.4) is 0 Å². The lowest BCUT2D eigenvalue weighted by atomic mass is 10.2. The summed E-state index contributed by atoms with van der Waals surface area (Å²) in [6.07, 6.45) is 1.45. The topological polar surface area (TPSA) is 102 Å². The molecule has 0 radical (unpaired) electrons. The number of thioether (sulfide) groups is 1. The molecule has 1 rings (SSSR count). The van der Waals surface area contributed by atoms with Crippen molar-refractivity contribution in [1.82, 2.24) is 4.98 Å². The summed E-state index contributed by atoms with van der Waals surface area (Å²) in [5.74, 6) is -0.0952. The average Bonchev–Trinajstić information content (AvgIpc) is 2.15. The van der Waals surface area contributed by atoms with Gasteiger partial charge in [-0.15, -0.1) is 11.8 Å². The van der Waals surface area contributed by atoms with Crippen LogP contribution in [0.1, 0.15) is 10.4 Å². The van der Waals surface area contributed by atoms with Crippen LogP contribution in [0.25, 0.3) is 0 Å². The maximum Gasteiger partial charge on any atom is 0.251 e. The van der Waals surface area contributed by atoms with E-state index in [4.69, 9.17) is 16.6 Å². The predicted molar refractivity (Wildman–Crippen MR) is 55.0 cm³/mol. The molecule has 76 valence electrons. The summed E-state index contributed by atoms with van der Waals surface area (Å²) >= 11 is 1.27. The highest BCUT2D eigenvalue weighted by atomic mass is 32.2. The van der Waals surface area contributed by atoms with Crippen molar-refractivity contribution in [1.29, 1.82) is 0 Å². The highest BCUT2D eigenvalue weighted by Crippen LogP contribution is 2.21. The second-order valence-electron chi connectivity index (χ2n) is 2.56. The van der Waals surface area contributed by atoms with E-state index < -0.39 is 5.91 Å². The van der Waals surface area contributed by atoms with Gasteiger partial charge in [-0.3, -0.25) is 4.79 Å². The van der Waals surface area contributed by atoms with Crippen molar-refractivity contribution in [2.45, 2.75) is 5.03 Å². The molecule has 0 aliphatic heterocycles. The first-order valence-electron chi connectivity index (χ1n) is 3.94. The first-order valence-corrected chi connectivity index (χ1v) is 4.92. The number of carbonyl (C=O) groups excluding carboxylic acids is 1. The molecule has 1 aromatic rings. The fraction of sp³-hybridized carbons (Fsp3) is 0.250. The minimum absolute atomic E-state index is 0.0227. The van der Waals surface area contributed by atoms with Crippen molar-refractivity contribution >= 4 is 23.4 Å². The molecule has 0 saturated carbocycles. The van der Waals surface area contributed by atoms with E-state index in [1.165, 1.54) is 24.0 Å². The zero-order valence-corrected chi connectivity index (χ0v) is 8.25. The third kappa shape index (κ3) is 2.61. The van der Waals surface area contributed by atoms with E-state index in [0.717, 1.165) is 0 Å². The molecular weight excluding hydrogens is 202 g/mol. The molecule has 5 N–H and O–H groups in total. The number of aromatic nitrogens is 1. The first-order chi connectivity index (χ1) is 6.65. The smallest absolute Gasteiger partial charge is 0.251 e. The van der Waals surface area contributed by atoms with Gasteiger partial charge in [0.15, 0.2) is 0 Å². The molecule has 1 amide bonds. The molecule has 0 spiro atoms. The van der Waals surface area contributed by atoms with E-state index >= 15 is 0 Å². The Bertz CT molecular complexity index is 343. The summed E-state index contributed by atoms with van der Waals surface area (Å²) in [4.78, 5) is 15.0. The average molecular weight is 213 g/mol. The molecule has 0 atom stereocenters. The van der Waals surface area contributed by atoms with Gasteiger partial charge < -0.3 is 16.6 Å². The van der Waals surface area contributed by atoms with E-state index in [2.05, 4.69) is 4.98 Å². The number of aliphatic hydroxyl groups is 1. The molecule has 0 bridgehead atoms. The van der Waals surface area contributed by atoms with Gasteiger partial charge in [0.25, 0.3) is 5.91 Å². The van der Waals surface area contributed by atoms with Crippen LogP contribution in [0, 0.1) is 0 Å². The third-order valence-corrected chi connectivity index (χ3v) is 2.45. The second-order valence-corrected chi connectivity index (χ2v) is 3.64. The normalized spacial score (nSPS) is 10.1. The lowest BCUT2D eigenvalue weighted by molar-refractivity contribution is 0.0997. The summed E-state index contributed by atoms with van der Waals surface area (Å²) in [6, 6.07) is 1.48. The fourth-order valence-corrected chi connectivity index (χ4v) is 1.63. The van der Waals surface area contributed by atoms with Gasteiger partial charge in [-0.25, -0.2) is 4.98 Å². The minimum Gasteiger partial charge on any atom is -0.397 e. The molecule has 6 heteroatoms. The van der Waals surface area contributed by atoms with Gasteiger partial charge in [-0.05, 0) is 6.07 Å². The van der Waals surface area contributed by atoms with E-state index in [9.17, 15) is 4.79 Å². The summed E-state index contributed by atoms with van der Waals surface area (Å²) in [5, 5.41) is 9.12. The van der Waals surface area contributed by atoms with Crippen LogP contribution < -0.4 is 11.5 Å². The van der Waals surface area contributed by atoms with E-state index in [-0.39, 0.29) is 6.61 Å². The van der Waals surface area contributed by atoms with Crippen LogP contribution in [0.15, 0.2) is 17.3 Å². The SMILES string of the molecule is NC(=O)c1cc(N)cnc1SCCO. The van der Waals surface area contributed by atoms with Crippen molar-refractivity contribution < 1.29 is 9.90 Å². The zero-order chi connectivity index (χ0) is 10.6. The van der Waals surface area contributed by atoms with Gasteiger partial charge in [0.1, 0.15) is 5.03 Å². The molecule has 14 heavy (non-hydrogen) atoms. The van der Waals surface area contributed by atoms with Gasteiger partial charge >= 0.3 is 0 Å². The Labute approximate surface area is 85.5 Å². The van der Waals surface area contributed by atoms with Crippen molar-refractivity contribution in [2.24, 2.45) is 5.73 Å². The number of rotatable bonds is 4. The van der Waals surface area contributed by atoms with Crippen molar-refractivity contribution in [3.8, 4) is 0 Å². The Balaban J connectivity index is 2.96.